The summed E-state index contributed by atoms with van der Waals surface area (Å²) in [5.41, 5.74) is -0.118. The van der Waals surface area contributed by atoms with Crippen LogP contribution in [0.3, 0.4) is 0 Å². The third kappa shape index (κ3) is 3.11. The van der Waals surface area contributed by atoms with E-state index in [0.29, 0.717) is 13.0 Å². The van der Waals surface area contributed by atoms with Gasteiger partial charge in [0.1, 0.15) is 5.82 Å². The van der Waals surface area contributed by atoms with Crippen molar-refractivity contribution in [3.8, 4) is 0 Å². The Balaban J connectivity index is 2.27. The second-order valence-corrected chi connectivity index (χ2v) is 5.77. The summed E-state index contributed by atoms with van der Waals surface area (Å²) in [4.78, 5) is 15.9. The molecule has 0 bridgehead atoms. The molecule has 1 amide bonds. The molecule has 2 unspecified atom stereocenters. The molecule has 4 nitrogen and oxygen atoms in total. The third-order valence-electron chi connectivity index (χ3n) is 3.41. The Kier molecular flexibility index (Phi) is 4.62. The first-order chi connectivity index (χ1) is 9.40. The first kappa shape index (κ1) is 15.2. The van der Waals surface area contributed by atoms with E-state index < -0.39 is 17.8 Å². The van der Waals surface area contributed by atoms with Crippen molar-refractivity contribution in [1.29, 1.82) is 0 Å². The van der Waals surface area contributed by atoms with Gasteiger partial charge in [-0.25, -0.2) is 4.39 Å². The Morgan fingerprint density at radius 3 is 2.85 bits per heavy atom. The van der Waals surface area contributed by atoms with Crippen molar-refractivity contribution in [2.75, 3.05) is 27.2 Å². The number of β-amino-alcohol motifs (C(OH)–C–C–N with tert-alkyl or cyclic N) is 1. The highest BCUT2D eigenvalue weighted by atomic mass is 35.5. The normalized spacial score (nSPS) is 22.6. The zero-order valence-electron chi connectivity index (χ0n) is 11.5. The van der Waals surface area contributed by atoms with Gasteiger partial charge in [-0.05, 0) is 32.6 Å². The number of hydrogen-bond donors (Lipinski definition) is 1. The molecule has 0 radical (unpaired) electrons. The number of carbonyl (C=O) groups is 1. The van der Waals surface area contributed by atoms with Gasteiger partial charge in [-0.3, -0.25) is 4.79 Å². The van der Waals surface area contributed by atoms with Gasteiger partial charge in [0.05, 0.1) is 16.7 Å². The highest BCUT2D eigenvalue weighted by Crippen LogP contribution is 2.26. The van der Waals surface area contributed by atoms with Crippen molar-refractivity contribution in [2.45, 2.75) is 18.6 Å². The van der Waals surface area contributed by atoms with Crippen LogP contribution >= 0.6 is 11.6 Å². The standard InChI is InChI=1S/C14H18ClFN2O2/c1-17(2)7-9-6-10(19)8-18(9)14(20)13-11(15)4-3-5-12(13)16/h3-5,9-10,19H,6-8H2,1-2H3. The second-order valence-electron chi connectivity index (χ2n) is 5.36. The van der Waals surface area contributed by atoms with Gasteiger partial charge in [-0.2, -0.15) is 0 Å². The van der Waals surface area contributed by atoms with Crippen LogP contribution in [-0.2, 0) is 0 Å². The van der Waals surface area contributed by atoms with E-state index in [0.717, 1.165) is 0 Å². The van der Waals surface area contributed by atoms with Crippen molar-refractivity contribution < 1.29 is 14.3 Å². The van der Waals surface area contributed by atoms with Crippen molar-refractivity contribution in [1.82, 2.24) is 9.80 Å². The van der Waals surface area contributed by atoms with Crippen LogP contribution < -0.4 is 0 Å². The largest absolute Gasteiger partial charge is 0.391 e. The molecule has 2 atom stereocenters. The Labute approximate surface area is 122 Å². The molecule has 110 valence electrons. The number of benzene rings is 1. The van der Waals surface area contributed by atoms with Crippen molar-refractivity contribution >= 4 is 17.5 Å². The average Bonchev–Trinajstić information content (AvgIpc) is 2.68. The van der Waals surface area contributed by atoms with Crippen LogP contribution in [0, 0.1) is 5.82 Å². The van der Waals surface area contributed by atoms with E-state index in [4.69, 9.17) is 11.6 Å². The lowest BCUT2D eigenvalue weighted by Crippen LogP contribution is -2.41. The average molecular weight is 301 g/mol. The summed E-state index contributed by atoms with van der Waals surface area (Å²) < 4.78 is 13.8. The number of amides is 1. The number of aliphatic hydroxyl groups is 1. The van der Waals surface area contributed by atoms with Gasteiger partial charge in [0, 0.05) is 19.1 Å². The van der Waals surface area contributed by atoms with Crippen molar-refractivity contribution in [3.63, 3.8) is 0 Å². The number of hydrogen-bond acceptors (Lipinski definition) is 3. The monoisotopic (exact) mass is 300 g/mol. The van der Waals surface area contributed by atoms with Crippen LogP contribution in [-0.4, -0.2) is 60.1 Å². The number of carbonyl (C=O) groups excluding carboxylic acids is 1. The number of likely N-dealkylation sites (tertiary alicyclic amines) is 1. The van der Waals surface area contributed by atoms with E-state index in [1.165, 1.54) is 23.1 Å². The third-order valence-corrected chi connectivity index (χ3v) is 3.72. The summed E-state index contributed by atoms with van der Waals surface area (Å²) in [7, 11) is 3.78. The van der Waals surface area contributed by atoms with Crippen LogP contribution in [0.15, 0.2) is 18.2 Å². The lowest BCUT2D eigenvalue weighted by atomic mass is 10.1. The topological polar surface area (TPSA) is 43.8 Å². The molecule has 1 aliphatic rings. The molecule has 0 aliphatic carbocycles. The summed E-state index contributed by atoms with van der Waals surface area (Å²) in [6.45, 7) is 0.830. The Morgan fingerprint density at radius 2 is 2.25 bits per heavy atom. The summed E-state index contributed by atoms with van der Waals surface area (Å²) in [6.07, 6.45) is -0.0786. The van der Waals surface area contributed by atoms with Gasteiger partial charge < -0.3 is 14.9 Å². The maximum Gasteiger partial charge on any atom is 0.258 e. The molecule has 1 aliphatic heterocycles. The predicted molar refractivity (Wildman–Crippen MR) is 75.4 cm³/mol. The quantitative estimate of drug-likeness (QED) is 0.922. The maximum absolute atomic E-state index is 13.8. The molecule has 6 heteroatoms. The zero-order chi connectivity index (χ0) is 14.9. The minimum absolute atomic E-state index is 0.0972. The first-order valence-corrected chi connectivity index (χ1v) is 6.85. The van der Waals surface area contributed by atoms with Gasteiger partial charge in [0.15, 0.2) is 0 Å². The maximum atomic E-state index is 13.8. The summed E-state index contributed by atoms with van der Waals surface area (Å²) in [6, 6.07) is 4.03. The molecule has 2 rings (SSSR count). The predicted octanol–water partition coefficient (Wildman–Crippen LogP) is 1.62. The van der Waals surface area contributed by atoms with Crippen LogP contribution in [0.4, 0.5) is 4.39 Å². The molecule has 1 saturated heterocycles. The minimum Gasteiger partial charge on any atom is -0.391 e. The molecular weight excluding hydrogens is 283 g/mol. The first-order valence-electron chi connectivity index (χ1n) is 6.48. The van der Waals surface area contributed by atoms with E-state index >= 15 is 0 Å². The van der Waals surface area contributed by atoms with Crippen molar-refractivity contribution in [2.24, 2.45) is 0 Å². The number of rotatable bonds is 3. The molecule has 1 fully saturated rings. The summed E-state index contributed by atoms with van der Waals surface area (Å²) in [5, 5.41) is 9.88. The smallest absolute Gasteiger partial charge is 0.258 e. The second kappa shape index (κ2) is 6.08. The van der Waals surface area contributed by atoms with Gasteiger partial charge in [-0.15, -0.1) is 0 Å². The van der Waals surface area contributed by atoms with Crippen molar-refractivity contribution in [3.05, 3.63) is 34.6 Å². The lowest BCUT2D eigenvalue weighted by Gasteiger charge is -2.27. The molecule has 20 heavy (non-hydrogen) atoms. The van der Waals surface area contributed by atoms with Gasteiger partial charge in [-0.1, -0.05) is 17.7 Å². The van der Waals surface area contributed by atoms with Gasteiger partial charge >= 0.3 is 0 Å². The van der Waals surface area contributed by atoms with Gasteiger partial charge in [0.25, 0.3) is 5.91 Å². The van der Waals surface area contributed by atoms with Crippen LogP contribution in [0.2, 0.25) is 5.02 Å². The number of halogens is 2. The molecule has 1 N–H and O–H groups in total. The van der Waals surface area contributed by atoms with E-state index in [1.54, 1.807) is 0 Å². The molecule has 0 spiro atoms. The lowest BCUT2D eigenvalue weighted by molar-refractivity contribution is 0.0694. The van der Waals surface area contributed by atoms with Crippen LogP contribution in [0.5, 0.6) is 0 Å². The van der Waals surface area contributed by atoms with Crippen LogP contribution in [0.1, 0.15) is 16.8 Å². The molecule has 1 heterocycles. The minimum atomic E-state index is -0.632. The van der Waals surface area contributed by atoms with E-state index in [9.17, 15) is 14.3 Å². The fourth-order valence-electron chi connectivity index (χ4n) is 2.58. The van der Waals surface area contributed by atoms with E-state index in [-0.39, 0.29) is 23.2 Å². The Hall–Kier alpha value is -1.17. The highest BCUT2D eigenvalue weighted by Gasteiger charge is 2.36. The van der Waals surface area contributed by atoms with Crippen LogP contribution in [0.25, 0.3) is 0 Å². The molecule has 0 aromatic heterocycles. The zero-order valence-corrected chi connectivity index (χ0v) is 12.3. The number of likely N-dealkylation sites (N-methyl/N-ethyl adjacent to an activating group) is 1. The number of nitrogens with zero attached hydrogens (tertiary/aromatic N) is 2. The fourth-order valence-corrected chi connectivity index (χ4v) is 2.82. The molecular formula is C14H18ClFN2O2. The Morgan fingerprint density at radius 1 is 1.55 bits per heavy atom. The summed E-state index contributed by atoms with van der Waals surface area (Å²) in [5.74, 6) is -1.09. The number of aliphatic hydroxyl groups excluding tert-OH is 1. The SMILES string of the molecule is CN(C)CC1CC(O)CN1C(=O)c1c(F)cccc1Cl. The molecule has 0 saturated carbocycles. The molecule has 1 aromatic rings. The fraction of sp³-hybridized carbons (Fsp3) is 0.500. The van der Waals surface area contributed by atoms with Gasteiger partial charge in [0.2, 0.25) is 0 Å². The highest BCUT2D eigenvalue weighted by molar-refractivity contribution is 6.33. The molecule has 1 aromatic carbocycles. The van der Waals surface area contributed by atoms with E-state index in [1.807, 2.05) is 19.0 Å². The van der Waals surface area contributed by atoms with E-state index in [2.05, 4.69) is 0 Å². The summed E-state index contributed by atoms with van der Waals surface area (Å²) >= 11 is 5.93. The Bertz CT molecular complexity index is 490.